The molecule has 0 bridgehead atoms. The summed E-state index contributed by atoms with van der Waals surface area (Å²) in [5, 5.41) is 5.10. The number of rotatable bonds is 6. The Morgan fingerprint density at radius 3 is 2.27 bits per heavy atom. The quantitative estimate of drug-likeness (QED) is 0.518. The van der Waals surface area contributed by atoms with Gasteiger partial charge in [0, 0.05) is 64.0 Å². The normalized spacial score (nSPS) is 17.4. The van der Waals surface area contributed by atoms with E-state index >= 15 is 0 Å². The van der Waals surface area contributed by atoms with Crippen LogP contribution in [0.4, 0.5) is 11.4 Å². The molecule has 0 atom stereocenters. The molecule has 2 saturated heterocycles. The van der Waals surface area contributed by atoms with Crippen molar-refractivity contribution in [3.05, 3.63) is 66.2 Å². The van der Waals surface area contributed by atoms with Crippen LogP contribution in [0.1, 0.15) is 24.2 Å². The van der Waals surface area contributed by atoms with Gasteiger partial charge in [0.15, 0.2) is 0 Å². The number of anilines is 2. The first-order valence-electron chi connectivity index (χ1n) is 13.0. The van der Waals surface area contributed by atoms with Gasteiger partial charge in [-0.25, -0.2) is 8.42 Å². The molecule has 37 heavy (non-hydrogen) atoms. The van der Waals surface area contributed by atoms with Crippen molar-refractivity contribution >= 4 is 38.1 Å². The summed E-state index contributed by atoms with van der Waals surface area (Å²) in [5.74, 6) is -0.0798. The molecule has 2 aliphatic heterocycles. The van der Waals surface area contributed by atoms with Crippen molar-refractivity contribution in [2.24, 2.45) is 0 Å². The molecule has 0 spiro atoms. The van der Waals surface area contributed by atoms with E-state index in [0.717, 1.165) is 55.7 Å². The number of fused-ring (bicyclic) bond motifs is 1. The Kier molecular flexibility index (Phi) is 7.37. The molecule has 0 aliphatic carbocycles. The van der Waals surface area contributed by atoms with Crippen LogP contribution >= 0.6 is 0 Å². The second kappa shape index (κ2) is 10.7. The van der Waals surface area contributed by atoms with Crippen LogP contribution in [-0.4, -0.2) is 82.5 Å². The Bertz CT molecular complexity index is 1380. The van der Waals surface area contributed by atoms with Crippen molar-refractivity contribution in [2.45, 2.75) is 24.8 Å². The van der Waals surface area contributed by atoms with Crippen molar-refractivity contribution in [1.29, 1.82) is 0 Å². The third kappa shape index (κ3) is 5.58. The van der Waals surface area contributed by atoms with Crippen LogP contribution in [0.2, 0.25) is 0 Å². The molecule has 0 radical (unpaired) electrons. The molecule has 3 aromatic carbocycles. The van der Waals surface area contributed by atoms with E-state index in [1.54, 1.807) is 18.2 Å². The summed E-state index contributed by atoms with van der Waals surface area (Å²) >= 11 is 0. The number of benzene rings is 3. The minimum Gasteiger partial charge on any atom is -0.367 e. The fourth-order valence-electron chi connectivity index (χ4n) is 5.09. The molecular weight excluding hydrogens is 486 g/mol. The number of nitrogens with one attached hydrogen (secondary N) is 2. The standard InChI is InChI=1S/C28H35N5O3S/c1-21(2)31-15-17-32(18-16-31)27-10-8-24(28(34)33-13-11-29-12-14-33)20-26(27)30-37(35,36)25-9-7-22-5-3-4-6-23(22)19-25/h3-10,19-21,29-30H,11-18H2,1-2H3. The number of sulfonamides is 1. The van der Waals surface area contributed by atoms with E-state index in [2.05, 4.69) is 33.7 Å². The van der Waals surface area contributed by atoms with Crippen LogP contribution in [0.15, 0.2) is 65.6 Å². The zero-order valence-corrected chi connectivity index (χ0v) is 22.3. The maximum Gasteiger partial charge on any atom is 0.261 e. The van der Waals surface area contributed by atoms with Crippen LogP contribution in [-0.2, 0) is 10.0 Å². The summed E-state index contributed by atoms with van der Waals surface area (Å²) in [6.45, 7) is 10.5. The van der Waals surface area contributed by atoms with E-state index in [1.807, 2.05) is 47.4 Å². The van der Waals surface area contributed by atoms with Crippen molar-refractivity contribution in [3.8, 4) is 0 Å². The predicted molar refractivity (Wildman–Crippen MR) is 149 cm³/mol. The van der Waals surface area contributed by atoms with E-state index in [-0.39, 0.29) is 10.8 Å². The Morgan fingerprint density at radius 1 is 0.865 bits per heavy atom. The lowest BCUT2D eigenvalue weighted by Crippen LogP contribution is -2.49. The summed E-state index contributed by atoms with van der Waals surface area (Å²) in [7, 11) is -3.88. The molecule has 2 fully saturated rings. The number of piperazine rings is 2. The Hall–Kier alpha value is -3.14. The minimum atomic E-state index is -3.88. The molecule has 0 unspecified atom stereocenters. The van der Waals surface area contributed by atoms with Crippen LogP contribution < -0.4 is 14.9 Å². The van der Waals surface area contributed by atoms with Crippen LogP contribution in [0.25, 0.3) is 10.8 Å². The summed E-state index contributed by atoms with van der Waals surface area (Å²) in [5.41, 5.74) is 1.72. The first kappa shape index (κ1) is 25.5. The molecule has 0 saturated carbocycles. The lowest BCUT2D eigenvalue weighted by Gasteiger charge is -2.39. The van der Waals surface area contributed by atoms with E-state index in [9.17, 15) is 13.2 Å². The van der Waals surface area contributed by atoms with Gasteiger partial charge < -0.3 is 15.1 Å². The molecule has 8 nitrogen and oxygen atoms in total. The molecule has 9 heteroatoms. The van der Waals surface area contributed by atoms with Crippen LogP contribution in [0, 0.1) is 0 Å². The second-order valence-electron chi connectivity index (χ2n) is 10.0. The van der Waals surface area contributed by atoms with E-state index < -0.39 is 10.0 Å². The predicted octanol–water partition coefficient (Wildman–Crippen LogP) is 3.22. The van der Waals surface area contributed by atoms with Gasteiger partial charge in [-0.05, 0) is 55.0 Å². The lowest BCUT2D eigenvalue weighted by molar-refractivity contribution is 0.0736. The maximum absolute atomic E-state index is 13.6. The first-order valence-corrected chi connectivity index (χ1v) is 14.4. The van der Waals surface area contributed by atoms with Gasteiger partial charge in [-0.1, -0.05) is 30.3 Å². The van der Waals surface area contributed by atoms with Gasteiger partial charge in [-0.2, -0.15) is 0 Å². The number of carbonyl (C=O) groups is 1. The van der Waals surface area contributed by atoms with Gasteiger partial charge in [0.05, 0.1) is 16.3 Å². The zero-order chi connectivity index (χ0) is 26.0. The maximum atomic E-state index is 13.6. The highest BCUT2D eigenvalue weighted by atomic mass is 32.2. The third-order valence-electron chi connectivity index (χ3n) is 7.31. The molecule has 2 N–H and O–H groups in total. The highest BCUT2D eigenvalue weighted by molar-refractivity contribution is 7.92. The average Bonchev–Trinajstić information content (AvgIpc) is 2.92. The highest BCUT2D eigenvalue weighted by Gasteiger charge is 2.25. The Labute approximate surface area is 219 Å². The summed E-state index contributed by atoms with van der Waals surface area (Å²) in [4.78, 5) is 19.9. The molecule has 0 aromatic heterocycles. The van der Waals surface area contributed by atoms with Gasteiger partial charge in [0.2, 0.25) is 0 Å². The number of hydrogen-bond acceptors (Lipinski definition) is 6. The fraction of sp³-hybridized carbons (Fsp3) is 0.393. The van der Waals surface area contributed by atoms with Crippen LogP contribution in [0.3, 0.4) is 0 Å². The smallest absolute Gasteiger partial charge is 0.261 e. The van der Waals surface area contributed by atoms with Crippen molar-refractivity contribution in [1.82, 2.24) is 15.1 Å². The minimum absolute atomic E-state index is 0.0798. The molecule has 2 heterocycles. The van der Waals surface area contributed by atoms with E-state index in [0.29, 0.717) is 30.4 Å². The molecular formula is C28H35N5O3S. The summed E-state index contributed by atoms with van der Waals surface area (Å²) in [6.07, 6.45) is 0. The largest absolute Gasteiger partial charge is 0.367 e. The zero-order valence-electron chi connectivity index (χ0n) is 21.5. The highest BCUT2D eigenvalue weighted by Crippen LogP contribution is 2.32. The monoisotopic (exact) mass is 521 g/mol. The third-order valence-corrected chi connectivity index (χ3v) is 8.67. The van der Waals surface area contributed by atoms with Gasteiger partial charge >= 0.3 is 0 Å². The fourth-order valence-corrected chi connectivity index (χ4v) is 6.19. The van der Waals surface area contributed by atoms with Crippen molar-refractivity contribution < 1.29 is 13.2 Å². The first-order chi connectivity index (χ1) is 17.8. The molecule has 5 rings (SSSR count). The topological polar surface area (TPSA) is 85.0 Å². The van der Waals surface area contributed by atoms with Gasteiger partial charge in [0.25, 0.3) is 15.9 Å². The Balaban J connectivity index is 1.48. The Morgan fingerprint density at radius 2 is 1.57 bits per heavy atom. The summed E-state index contributed by atoms with van der Waals surface area (Å²) in [6, 6.07) is 18.7. The van der Waals surface area contributed by atoms with Gasteiger partial charge in [-0.15, -0.1) is 0 Å². The average molecular weight is 522 g/mol. The number of carbonyl (C=O) groups excluding carboxylic acids is 1. The van der Waals surface area contributed by atoms with Gasteiger partial charge in [0.1, 0.15) is 0 Å². The molecule has 3 aromatic rings. The number of amides is 1. The van der Waals surface area contributed by atoms with E-state index in [1.165, 1.54) is 0 Å². The summed E-state index contributed by atoms with van der Waals surface area (Å²) < 4.78 is 30.0. The van der Waals surface area contributed by atoms with Crippen molar-refractivity contribution in [2.75, 3.05) is 62.0 Å². The lowest BCUT2D eigenvalue weighted by atomic mass is 10.1. The number of nitrogens with zero attached hydrogens (tertiary/aromatic N) is 3. The second-order valence-corrected chi connectivity index (χ2v) is 11.7. The van der Waals surface area contributed by atoms with Crippen molar-refractivity contribution in [3.63, 3.8) is 0 Å². The molecule has 196 valence electrons. The van der Waals surface area contributed by atoms with Gasteiger partial charge in [-0.3, -0.25) is 14.4 Å². The van der Waals surface area contributed by atoms with Crippen LogP contribution in [0.5, 0.6) is 0 Å². The molecule has 2 aliphatic rings. The molecule has 1 amide bonds. The van der Waals surface area contributed by atoms with E-state index in [4.69, 9.17) is 0 Å². The number of hydrogen-bond donors (Lipinski definition) is 2. The SMILES string of the molecule is CC(C)N1CCN(c2ccc(C(=O)N3CCNCC3)cc2NS(=O)(=O)c2ccc3ccccc3c2)CC1.